The van der Waals surface area contributed by atoms with Gasteiger partial charge in [0, 0.05) is 5.56 Å². The molecule has 132 valence electrons. The summed E-state index contributed by atoms with van der Waals surface area (Å²) in [5, 5.41) is 10.1. The lowest BCUT2D eigenvalue weighted by molar-refractivity contribution is 0.104. The minimum atomic E-state index is -0.0749. The number of Topliss-reactive ketones (excluding diaryl/α,β-unsaturated/α-hetero) is 1. The number of ketones is 1. The number of aromatic nitrogens is 2. The van der Waals surface area contributed by atoms with Crippen LogP contribution in [0.4, 0.5) is 0 Å². The third kappa shape index (κ3) is 3.93. The number of imidazole rings is 1. The number of fused-ring (bicyclic) bond motifs is 1. The van der Waals surface area contributed by atoms with Gasteiger partial charge in [0.05, 0.1) is 15.9 Å². The van der Waals surface area contributed by atoms with Crippen molar-refractivity contribution < 1.29 is 9.90 Å². The van der Waals surface area contributed by atoms with Crippen molar-refractivity contribution in [2.24, 2.45) is 0 Å². The van der Waals surface area contributed by atoms with Gasteiger partial charge in [0.1, 0.15) is 5.75 Å². The maximum absolute atomic E-state index is 13.1. The normalized spacial score (nSPS) is 11.6. The molecule has 0 aliphatic carbocycles. The molecule has 0 aliphatic rings. The van der Waals surface area contributed by atoms with Crippen LogP contribution in [0.5, 0.6) is 5.75 Å². The molecular weight excluding hydrogens is 356 g/mol. The Morgan fingerprint density at radius 3 is 2.37 bits per heavy atom. The number of aromatic amines is 1. The molecular formula is C22H16N2O2S. The number of carbonyl (C=O) groups excluding carboxylic acids is 1. The smallest absolute Gasteiger partial charge is 0.199 e. The molecule has 0 fully saturated rings. The molecule has 0 amide bonds. The van der Waals surface area contributed by atoms with Crippen LogP contribution >= 0.6 is 11.8 Å². The lowest BCUT2D eigenvalue weighted by Gasteiger charge is -2.06. The second-order valence-corrected chi connectivity index (χ2v) is 6.99. The molecule has 0 spiro atoms. The summed E-state index contributed by atoms with van der Waals surface area (Å²) in [6, 6.07) is 23.7. The van der Waals surface area contributed by atoms with Crippen molar-refractivity contribution in [3.05, 3.63) is 94.9 Å². The number of thioether (sulfide) groups is 1. The molecule has 1 heterocycles. The Hall–Kier alpha value is -3.31. The van der Waals surface area contributed by atoms with Crippen LogP contribution < -0.4 is 0 Å². The highest BCUT2D eigenvalue weighted by molar-refractivity contribution is 8.04. The van der Waals surface area contributed by atoms with E-state index >= 15 is 0 Å². The number of nitrogens with one attached hydrogen (secondary N) is 1. The van der Waals surface area contributed by atoms with E-state index in [1.54, 1.807) is 36.4 Å². The topological polar surface area (TPSA) is 66.0 Å². The van der Waals surface area contributed by atoms with Crippen LogP contribution in [-0.2, 0) is 0 Å². The van der Waals surface area contributed by atoms with E-state index in [0.717, 1.165) is 16.6 Å². The van der Waals surface area contributed by atoms with Crippen molar-refractivity contribution in [2.45, 2.75) is 5.16 Å². The maximum Gasteiger partial charge on any atom is 0.199 e. The Bertz CT molecular complexity index is 1080. The highest BCUT2D eigenvalue weighted by atomic mass is 32.2. The van der Waals surface area contributed by atoms with E-state index in [1.165, 1.54) is 11.8 Å². The fourth-order valence-corrected chi connectivity index (χ4v) is 3.60. The van der Waals surface area contributed by atoms with E-state index in [0.29, 0.717) is 15.6 Å². The first-order valence-electron chi connectivity index (χ1n) is 8.42. The number of rotatable bonds is 5. The molecule has 4 nitrogen and oxygen atoms in total. The lowest BCUT2D eigenvalue weighted by atomic mass is 10.1. The van der Waals surface area contributed by atoms with Crippen molar-refractivity contribution >= 4 is 34.7 Å². The molecule has 1 aromatic heterocycles. The summed E-state index contributed by atoms with van der Waals surface area (Å²) >= 11 is 1.30. The van der Waals surface area contributed by atoms with Crippen LogP contribution in [0, 0.1) is 0 Å². The van der Waals surface area contributed by atoms with Crippen molar-refractivity contribution in [2.75, 3.05) is 0 Å². The second kappa shape index (κ2) is 7.51. The van der Waals surface area contributed by atoms with Gasteiger partial charge in [-0.25, -0.2) is 4.98 Å². The number of phenols is 1. The van der Waals surface area contributed by atoms with Gasteiger partial charge in [0.25, 0.3) is 0 Å². The summed E-state index contributed by atoms with van der Waals surface area (Å²) in [7, 11) is 0. The Morgan fingerprint density at radius 1 is 0.926 bits per heavy atom. The molecule has 0 saturated carbocycles. The minimum absolute atomic E-state index is 0.0749. The molecule has 27 heavy (non-hydrogen) atoms. The van der Waals surface area contributed by atoms with Crippen LogP contribution in [-0.4, -0.2) is 20.9 Å². The van der Waals surface area contributed by atoms with Crippen molar-refractivity contribution in [1.82, 2.24) is 9.97 Å². The molecule has 0 aliphatic heterocycles. The van der Waals surface area contributed by atoms with Crippen LogP contribution in [0.1, 0.15) is 15.9 Å². The van der Waals surface area contributed by atoms with E-state index in [-0.39, 0.29) is 11.5 Å². The van der Waals surface area contributed by atoms with Crippen molar-refractivity contribution in [1.29, 1.82) is 0 Å². The van der Waals surface area contributed by atoms with Crippen molar-refractivity contribution in [3.8, 4) is 5.75 Å². The molecule has 4 aromatic rings. The maximum atomic E-state index is 13.1. The van der Waals surface area contributed by atoms with Gasteiger partial charge in [-0.05, 0) is 47.7 Å². The van der Waals surface area contributed by atoms with Crippen LogP contribution in [0.3, 0.4) is 0 Å². The quantitative estimate of drug-likeness (QED) is 0.284. The van der Waals surface area contributed by atoms with Gasteiger partial charge in [-0.2, -0.15) is 0 Å². The lowest BCUT2D eigenvalue weighted by Crippen LogP contribution is -2.01. The van der Waals surface area contributed by atoms with Gasteiger partial charge in [-0.3, -0.25) is 4.79 Å². The van der Waals surface area contributed by atoms with Gasteiger partial charge in [0.15, 0.2) is 10.9 Å². The Morgan fingerprint density at radius 2 is 1.63 bits per heavy atom. The molecule has 0 atom stereocenters. The predicted octanol–water partition coefficient (Wildman–Crippen LogP) is 5.28. The van der Waals surface area contributed by atoms with Gasteiger partial charge < -0.3 is 10.1 Å². The summed E-state index contributed by atoms with van der Waals surface area (Å²) in [6.45, 7) is 0. The Balaban J connectivity index is 1.72. The van der Waals surface area contributed by atoms with Gasteiger partial charge in [0.2, 0.25) is 0 Å². The molecule has 0 radical (unpaired) electrons. The largest absolute Gasteiger partial charge is 0.508 e. The average Bonchev–Trinajstić information content (AvgIpc) is 3.11. The summed E-state index contributed by atoms with van der Waals surface area (Å²) in [5.74, 6) is 0.113. The van der Waals surface area contributed by atoms with Gasteiger partial charge in [-0.15, -0.1) is 0 Å². The number of para-hydroxylation sites is 2. The summed E-state index contributed by atoms with van der Waals surface area (Å²) < 4.78 is 0. The SMILES string of the molecule is O=C(/C(=C/c1ccc(O)cc1)Sc1nc2ccccc2[nH]1)c1ccccc1. The van der Waals surface area contributed by atoms with Crippen LogP contribution in [0.25, 0.3) is 17.1 Å². The molecule has 3 aromatic carbocycles. The molecule has 0 saturated heterocycles. The summed E-state index contributed by atoms with van der Waals surface area (Å²) in [6.07, 6.45) is 1.81. The first-order chi connectivity index (χ1) is 13.2. The summed E-state index contributed by atoms with van der Waals surface area (Å²) in [5.41, 5.74) is 3.23. The van der Waals surface area contributed by atoms with Crippen LogP contribution in [0.2, 0.25) is 0 Å². The van der Waals surface area contributed by atoms with Gasteiger partial charge in [-0.1, -0.05) is 54.6 Å². The monoisotopic (exact) mass is 372 g/mol. The number of nitrogens with zero attached hydrogens (tertiary/aromatic N) is 1. The fraction of sp³-hybridized carbons (Fsp3) is 0. The van der Waals surface area contributed by atoms with E-state index in [9.17, 15) is 9.90 Å². The van der Waals surface area contributed by atoms with E-state index in [1.807, 2.05) is 48.5 Å². The number of phenolic OH excluding ortho intramolecular Hbond substituents is 1. The summed E-state index contributed by atoms with van der Waals surface area (Å²) in [4.78, 5) is 21.4. The standard InChI is InChI=1S/C22H16N2O2S/c25-17-12-10-15(11-13-17)14-20(21(26)16-6-2-1-3-7-16)27-22-23-18-8-4-5-9-19(18)24-22/h1-14,25H,(H,23,24)/b20-14-. The number of hydrogen-bond donors (Lipinski definition) is 2. The molecule has 5 heteroatoms. The molecule has 4 rings (SSSR count). The highest BCUT2D eigenvalue weighted by Gasteiger charge is 2.16. The minimum Gasteiger partial charge on any atom is -0.508 e. The van der Waals surface area contributed by atoms with E-state index in [4.69, 9.17) is 0 Å². The Labute approximate surface area is 160 Å². The number of allylic oxidation sites excluding steroid dienone is 1. The van der Waals surface area contributed by atoms with Crippen molar-refractivity contribution in [3.63, 3.8) is 0 Å². The van der Waals surface area contributed by atoms with E-state index < -0.39 is 0 Å². The zero-order valence-electron chi connectivity index (χ0n) is 14.3. The average molecular weight is 372 g/mol. The zero-order chi connectivity index (χ0) is 18.6. The highest BCUT2D eigenvalue weighted by Crippen LogP contribution is 2.30. The first kappa shape index (κ1) is 17.1. The number of aromatic hydroxyl groups is 1. The predicted molar refractivity (Wildman–Crippen MR) is 109 cm³/mol. The first-order valence-corrected chi connectivity index (χ1v) is 9.24. The number of hydrogen-bond acceptors (Lipinski definition) is 4. The molecule has 2 N–H and O–H groups in total. The van der Waals surface area contributed by atoms with Crippen LogP contribution in [0.15, 0.2) is 88.9 Å². The Kier molecular flexibility index (Phi) is 4.77. The third-order valence-corrected chi connectivity index (χ3v) is 4.93. The van der Waals surface area contributed by atoms with Gasteiger partial charge >= 0.3 is 0 Å². The number of benzene rings is 3. The zero-order valence-corrected chi connectivity index (χ0v) is 15.1. The molecule has 0 bridgehead atoms. The third-order valence-electron chi connectivity index (χ3n) is 4.02. The number of H-pyrrole nitrogens is 1. The number of carbonyl (C=O) groups is 1. The molecule has 0 unspecified atom stereocenters. The van der Waals surface area contributed by atoms with E-state index in [2.05, 4.69) is 9.97 Å². The second-order valence-electron chi connectivity index (χ2n) is 5.96. The fourth-order valence-electron chi connectivity index (χ4n) is 2.68.